The van der Waals surface area contributed by atoms with E-state index in [1.54, 1.807) is 6.20 Å². The summed E-state index contributed by atoms with van der Waals surface area (Å²) in [5.74, 6) is 0.560. The second-order valence-corrected chi connectivity index (χ2v) is 8.71. The van der Waals surface area contributed by atoms with Gasteiger partial charge in [-0.15, -0.1) is 0 Å². The molecule has 2 aliphatic rings. The maximum atomic E-state index is 14.7. The van der Waals surface area contributed by atoms with E-state index in [4.69, 9.17) is 4.74 Å². The summed E-state index contributed by atoms with van der Waals surface area (Å²) in [6.45, 7) is 4.52. The molecule has 1 aliphatic carbocycles. The number of carbonyl (C=O) groups excluding carboxylic acids is 1. The van der Waals surface area contributed by atoms with Crippen LogP contribution in [0.5, 0.6) is 0 Å². The summed E-state index contributed by atoms with van der Waals surface area (Å²) in [5, 5.41) is 3.03. The number of hydrogen-bond donors (Lipinski definition) is 1. The molecule has 5 nitrogen and oxygen atoms in total. The molecule has 2 fully saturated rings. The summed E-state index contributed by atoms with van der Waals surface area (Å²) in [5.41, 5.74) is 2.92. The molecular weight excluding hydrogens is 393 g/mol. The highest BCUT2D eigenvalue weighted by Crippen LogP contribution is 2.27. The monoisotopic (exact) mass is 425 g/mol. The molecular formula is C25H32FN3O2. The summed E-state index contributed by atoms with van der Waals surface area (Å²) in [6.07, 6.45) is 8.31. The third kappa shape index (κ3) is 6.34. The molecule has 1 N–H and O–H groups in total. The number of ether oxygens (including phenoxy) is 1. The molecule has 31 heavy (non-hydrogen) atoms. The minimum Gasteiger partial charge on any atom is -0.379 e. The number of nitrogens with one attached hydrogen (secondary N) is 1. The molecule has 0 spiro atoms. The predicted molar refractivity (Wildman–Crippen MR) is 119 cm³/mol. The van der Waals surface area contributed by atoms with Crippen molar-refractivity contribution in [3.8, 4) is 11.1 Å². The number of halogens is 1. The van der Waals surface area contributed by atoms with Crippen LogP contribution in [0.25, 0.3) is 11.1 Å². The molecule has 0 radical (unpaired) electrons. The fourth-order valence-corrected chi connectivity index (χ4v) is 4.52. The van der Waals surface area contributed by atoms with E-state index in [0.717, 1.165) is 48.8 Å². The first-order chi connectivity index (χ1) is 15.2. The van der Waals surface area contributed by atoms with Crippen molar-refractivity contribution in [2.45, 2.75) is 45.1 Å². The number of morpholine rings is 1. The Morgan fingerprint density at radius 2 is 1.90 bits per heavy atom. The van der Waals surface area contributed by atoms with Crippen LogP contribution in [-0.4, -0.2) is 48.6 Å². The van der Waals surface area contributed by atoms with E-state index in [0.29, 0.717) is 31.7 Å². The van der Waals surface area contributed by atoms with E-state index in [9.17, 15) is 9.18 Å². The third-order valence-electron chi connectivity index (χ3n) is 6.38. The Labute approximate surface area is 184 Å². The Kier molecular flexibility index (Phi) is 7.65. The predicted octanol–water partition coefficient (Wildman–Crippen LogP) is 3.96. The van der Waals surface area contributed by atoms with Gasteiger partial charge in [-0.05, 0) is 29.5 Å². The molecule has 0 bridgehead atoms. The molecule has 2 heterocycles. The van der Waals surface area contributed by atoms with Gasteiger partial charge in [-0.25, -0.2) is 4.39 Å². The first-order valence-corrected chi connectivity index (χ1v) is 11.5. The van der Waals surface area contributed by atoms with Gasteiger partial charge in [0, 0.05) is 37.9 Å². The van der Waals surface area contributed by atoms with Crippen LogP contribution < -0.4 is 5.32 Å². The molecule has 1 saturated carbocycles. The number of carbonyl (C=O) groups is 1. The summed E-state index contributed by atoms with van der Waals surface area (Å²) in [7, 11) is 0. The second-order valence-electron chi connectivity index (χ2n) is 8.71. The quantitative estimate of drug-likeness (QED) is 0.696. The van der Waals surface area contributed by atoms with Crippen molar-refractivity contribution >= 4 is 5.91 Å². The topological polar surface area (TPSA) is 54.5 Å². The van der Waals surface area contributed by atoms with Crippen molar-refractivity contribution in [1.82, 2.24) is 15.2 Å². The van der Waals surface area contributed by atoms with Crippen LogP contribution in [0.3, 0.4) is 0 Å². The van der Waals surface area contributed by atoms with Gasteiger partial charge in [-0.3, -0.25) is 14.7 Å². The van der Waals surface area contributed by atoms with Crippen LogP contribution in [0, 0.1) is 11.7 Å². The molecule has 1 aliphatic heterocycles. The van der Waals surface area contributed by atoms with Crippen molar-refractivity contribution in [3.63, 3.8) is 0 Å². The summed E-state index contributed by atoms with van der Waals surface area (Å²) in [6, 6.07) is 9.04. The van der Waals surface area contributed by atoms with E-state index in [1.165, 1.54) is 31.7 Å². The third-order valence-corrected chi connectivity index (χ3v) is 6.38. The molecule has 1 saturated heterocycles. The molecule has 1 amide bonds. The van der Waals surface area contributed by atoms with Crippen LogP contribution in [0.2, 0.25) is 0 Å². The Balaban J connectivity index is 1.29. The van der Waals surface area contributed by atoms with Crippen molar-refractivity contribution < 1.29 is 13.9 Å². The van der Waals surface area contributed by atoms with Crippen molar-refractivity contribution in [2.24, 2.45) is 5.92 Å². The van der Waals surface area contributed by atoms with Crippen molar-refractivity contribution in [3.05, 3.63) is 53.6 Å². The highest BCUT2D eigenvalue weighted by molar-refractivity contribution is 5.78. The Morgan fingerprint density at radius 3 is 2.61 bits per heavy atom. The van der Waals surface area contributed by atoms with Crippen LogP contribution in [0.4, 0.5) is 4.39 Å². The van der Waals surface area contributed by atoms with Crippen molar-refractivity contribution in [1.29, 1.82) is 0 Å². The zero-order valence-corrected chi connectivity index (χ0v) is 18.1. The number of pyridine rings is 1. The fraction of sp³-hybridized carbons (Fsp3) is 0.520. The smallest absolute Gasteiger partial charge is 0.224 e. The van der Waals surface area contributed by atoms with Gasteiger partial charge in [0.05, 0.1) is 25.3 Å². The Hall–Kier alpha value is -2.31. The molecule has 4 rings (SSSR count). The van der Waals surface area contributed by atoms with E-state index in [-0.39, 0.29) is 11.7 Å². The van der Waals surface area contributed by atoms with Gasteiger partial charge < -0.3 is 10.1 Å². The van der Waals surface area contributed by atoms with E-state index in [2.05, 4.69) is 15.2 Å². The van der Waals surface area contributed by atoms with Gasteiger partial charge in [0.25, 0.3) is 0 Å². The average molecular weight is 426 g/mol. The first kappa shape index (κ1) is 21.9. The lowest BCUT2D eigenvalue weighted by molar-refractivity contribution is -0.120. The summed E-state index contributed by atoms with van der Waals surface area (Å²) >= 11 is 0. The zero-order valence-electron chi connectivity index (χ0n) is 18.1. The highest BCUT2D eigenvalue weighted by Gasteiger charge is 2.15. The van der Waals surface area contributed by atoms with Crippen LogP contribution in [-0.2, 0) is 22.5 Å². The lowest BCUT2D eigenvalue weighted by Gasteiger charge is -2.26. The number of nitrogens with zero attached hydrogens (tertiary/aromatic N) is 2. The number of amides is 1. The Bertz CT molecular complexity index is 860. The van der Waals surface area contributed by atoms with Gasteiger partial charge in [0.15, 0.2) is 0 Å². The van der Waals surface area contributed by atoms with Crippen molar-refractivity contribution in [2.75, 3.05) is 32.8 Å². The lowest BCUT2D eigenvalue weighted by atomic mass is 10.0. The maximum absolute atomic E-state index is 14.7. The zero-order chi connectivity index (χ0) is 21.5. The van der Waals surface area contributed by atoms with Gasteiger partial charge in [-0.2, -0.15) is 0 Å². The number of hydrogen-bond acceptors (Lipinski definition) is 4. The van der Waals surface area contributed by atoms with E-state index >= 15 is 0 Å². The van der Waals surface area contributed by atoms with Gasteiger partial charge in [0.1, 0.15) is 5.82 Å². The summed E-state index contributed by atoms with van der Waals surface area (Å²) < 4.78 is 20.1. The second kappa shape index (κ2) is 10.8. The molecule has 166 valence electrons. The lowest BCUT2D eigenvalue weighted by Crippen LogP contribution is -2.35. The SMILES string of the molecule is O=C(Cc1ccc(-c2cnc(CN3CCOCC3)cc2F)cc1)NCCC1CCCC1. The number of rotatable bonds is 8. The van der Waals surface area contributed by atoms with E-state index < -0.39 is 0 Å². The fourth-order valence-electron chi connectivity index (χ4n) is 4.52. The highest BCUT2D eigenvalue weighted by atomic mass is 19.1. The molecule has 2 aromatic rings. The van der Waals surface area contributed by atoms with Crippen LogP contribution in [0.15, 0.2) is 36.5 Å². The maximum Gasteiger partial charge on any atom is 0.224 e. The number of aromatic nitrogens is 1. The molecule has 0 unspecified atom stereocenters. The van der Waals surface area contributed by atoms with Gasteiger partial charge >= 0.3 is 0 Å². The molecule has 0 atom stereocenters. The van der Waals surface area contributed by atoms with Gasteiger partial charge in [-0.1, -0.05) is 49.9 Å². The minimum atomic E-state index is -0.268. The standard InChI is InChI=1S/C25H32FN3O2/c26-24-16-22(18-29-11-13-31-14-12-29)28-17-23(24)21-7-5-20(6-8-21)15-25(30)27-10-9-19-3-1-2-4-19/h5-8,16-17,19H,1-4,9-15,18H2,(H,27,30). The first-order valence-electron chi connectivity index (χ1n) is 11.5. The summed E-state index contributed by atoms with van der Waals surface area (Å²) in [4.78, 5) is 18.9. The minimum absolute atomic E-state index is 0.0473. The van der Waals surface area contributed by atoms with E-state index in [1.807, 2.05) is 24.3 Å². The molecule has 1 aromatic heterocycles. The average Bonchev–Trinajstić information content (AvgIpc) is 3.29. The van der Waals surface area contributed by atoms with Crippen LogP contribution in [0.1, 0.15) is 43.4 Å². The largest absolute Gasteiger partial charge is 0.379 e. The normalized spacial score (nSPS) is 17.7. The Morgan fingerprint density at radius 1 is 1.16 bits per heavy atom. The van der Waals surface area contributed by atoms with Crippen LogP contribution >= 0.6 is 0 Å². The van der Waals surface area contributed by atoms with Gasteiger partial charge in [0.2, 0.25) is 5.91 Å². The number of benzene rings is 1. The molecule has 6 heteroatoms. The molecule has 1 aromatic carbocycles.